The summed E-state index contributed by atoms with van der Waals surface area (Å²) in [5.41, 5.74) is 0.644. The van der Waals surface area contributed by atoms with Gasteiger partial charge in [-0.25, -0.2) is 0 Å². The molecule has 1 aromatic carbocycles. The number of aliphatic hydroxyl groups is 1. The van der Waals surface area contributed by atoms with Gasteiger partial charge in [-0.15, -0.1) is 0 Å². The molecule has 3 nitrogen and oxygen atoms in total. The van der Waals surface area contributed by atoms with Crippen LogP contribution in [0.5, 0.6) is 11.5 Å². The summed E-state index contributed by atoms with van der Waals surface area (Å²) in [5.74, 6) is 0.205. The molecule has 0 aromatic heterocycles. The summed E-state index contributed by atoms with van der Waals surface area (Å²) in [6.45, 7) is 4.20. The van der Waals surface area contributed by atoms with Crippen LogP contribution in [-0.2, 0) is 0 Å². The van der Waals surface area contributed by atoms with Crippen LogP contribution in [0.1, 0.15) is 38.4 Å². The molecule has 0 amide bonds. The van der Waals surface area contributed by atoms with Crippen LogP contribution in [0.15, 0.2) is 18.2 Å². The molecule has 1 atom stereocenters. The summed E-state index contributed by atoms with van der Waals surface area (Å²) in [5, 5.41) is 28.2. The molecular formula is C12H18O3. The van der Waals surface area contributed by atoms with Crippen molar-refractivity contribution in [1.82, 2.24) is 0 Å². The molecule has 0 bridgehead atoms. The molecule has 0 aliphatic rings. The van der Waals surface area contributed by atoms with E-state index >= 15 is 0 Å². The highest BCUT2D eigenvalue weighted by molar-refractivity contribution is 5.41. The van der Waals surface area contributed by atoms with E-state index in [1.165, 1.54) is 12.1 Å². The lowest BCUT2D eigenvalue weighted by molar-refractivity contribution is 0.158. The molecule has 0 spiro atoms. The number of hydrogen-bond donors (Lipinski definition) is 3. The van der Waals surface area contributed by atoms with Crippen molar-refractivity contribution in [3.8, 4) is 11.5 Å². The summed E-state index contributed by atoms with van der Waals surface area (Å²) in [6.07, 6.45) is 1.03. The summed E-state index contributed by atoms with van der Waals surface area (Å²) < 4.78 is 0. The van der Waals surface area contributed by atoms with E-state index in [1.54, 1.807) is 6.07 Å². The smallest absolute Gasteiger partial charge is 0.157 e. The molecule has 15 heavy (non-hydrogen) atoms. The van der Waals surface area contributed by atoms with Gasteiger partial charge in [-0.05, 0) is 36.5 Å². The highest BCUT2D eigenvalue weighted by Crippen LogP contribution is 2.29. The molecule has 1 unspecified atom stereocenters. The Labute approximate surface area is 90.0 Å². The van der Waals surface area contributed by atoms with E-state index < -0.39 is 6.10 Å². The molecule has 0 saturated heterocycles. The minimum Gasteiger partial charge on any atom is -0.504 e. The average Bonchev–Trinajstić information content (AvgIpc) is 2.18. The first-order valence-electron chi connectivity index (χ1n) is 5.20. The lowest BCUT2D eigenvalue weighted by Gasteiger charge is -2.13. The molecule has 0 radical (unpaired) electrons. The van der Waals surface area contributed by atoms with Crippen LogP contribution in [0.2, 0.25) is 0 Å². The first kappa shape index (κ1) is 11.9. The number of phenols is 2. The predicted molar refractivity (Wildman–Crippen MR) is 58.8 cm³/mol. The maximum absolute atomic E-state index is 9.79. The SMILES string of the molecule is CC(C)CCC(O)c1ccc(O)c(O)c1. The Bertz CT molecular complexity index is 321. The third kappa shape index (κ3) is 3.44. The van der Waals surface area contributed by atoms with Gasteiger partial charge < -0.3 is 15.3 Å². The lowest BCUT2D eigenvalue weighted by atomic mass is 10.00. The van der Waals surface area contributed by atoms with Gasteiger partial charge in [0, 0.05) is 0 Å². The first-order chi connectivity index (χ1) is 7.00. The van der Waals surface area contributed by atoms with E-state index in [0.29, 0.717) is 17.9 Å². The van der Waals surface area contributed by atoms with Crippen LogP contribution < -0.4 is 0 Å². The Morgan fingerprint density at radius 3 is 2.27 bits per heavy atom. The number of aromatic hydroxyl groups is 2. The van der Waals surface area contributed by atoms with Gasteiger partial charge in [-0.3, -0.25) is 0 Å². The van der Waals surface area contributed by atoms with Gasteiger partial charge in [0.2, 0.25) is 0 Å². The average molecular weight is 210 g/mol. The Balaban J connectivity index is 2.65. The standard InChI is InChI=1S/C12H18O3/c1-8(2)3-5-10(13)9-4-6-11(14)12(15)7-9/h4,6-8,10,13-15H,3,5H2,1-2H3. The maximum atomic E-state index is 9.79. The molecule has 0 aliphatic carbocycles. The van der Waals surface area contributed by atoms with Crippen LogP contribution in [-0.4, -0.2) is 15.3 Å². The number of hydrogen-bond acceptors (Lipinski definition) is 3. The van der Waals surface area contributed by atoms with Gasteiger partial charge in [-0.1, -0.05) is 19.9 Å². The van der Waals surface area contributed by atoms with Gasteiger partial charge >= 0.3 is 0 Å². The topological polar surface area (TPSA) is 60.7 Å². The van der Waals surface area contributed by atoms with Gasteiger partial charge in [0.25, 0.3) is 0 Å². The fourth-order valence-corrected chi connectivity index (χ4v) is 1.41. The number of rotatable bonds is 4. The van der Waals surface area contributed by atoms with Crippen LogP contribution >= 0.6 is 0 Å². The van der Waals surface area contributed by atoms with Gasteiger partial charge in [0.1, 0.15) is 0 Å². The summed E-state index contributed by atoms with van der Waals surface area (Å²) >= 11 is 0. The Morgan fingerprint density at radius 2 is 1.73 bits per heavy atom. The molecule has 3 N–H and O–H groups in total. The molecule has 0 saturated carbocycles. The minimum atomic E-state index is -0.570. The van der Waals surface area contributed by atoms with Crippen molar-refractivity contribution in [2.24, 2.45) is 5.92 Å². The monoisotopic (exact) mass is 210 g/mol. The van der Waals surface area contributed by atoms with Crippen LogP contribution in [0.4, 0.5) is 0 Å². The normalized spacial score (nSPS) is 13.1. The van der Waals surface area contributed by atoms with Crippen LogP contribution in [0.3, 0.4) is 0 Å². The van der Waals surface area contributed by atoms with Crippen molar-refractivity contribution in [1.29, 1.82) is 0 Å². The predicted octanol–water partition coefficient (Wildman–Crippen LogP) is 2.57. The van der Waals surface area contributed by atoms with E-state index in [2.05, 4.69) is 13.8 Å². The Hall–Kier alpha value is -1.22. The molecule has 0 heterocycles. The minimum absolute atomic E-state index is 0.158. The quantitative estimate of drug-likeness (QED) is 0.669. The first-order valence-corrected chi connectivity index (χ1v) is 5.20. The number of aliphatic hydroxyl groups excluding tert-OH is 1. The van der Waals surface area contributed by atoms with Gasteiger partial charge in [-0.2, -0.15) is 0 Å². The third-order valence-corrected chi connectivity index (χ3v) is 2.40. The molecular weight excluding hydrogens is 192 g/mol. The molecule has 3 heteroatoms. The van der Waals surface area contributed by atoms with Gasteiger partial charge in [0.05, 0.1) is 6.10 Å². The second-order valence-electron chi connectivity index (χ2n) is 4.24. The van der Waals surface area contributed by atoms with Crippen molar-refractivity contribution in [3.63, 3.8) is 0 Å². The molecule has 0 fully saturated rings. The third-order valence-electron chi connectivity index (χ3n) is 2.40. The van der Waals surface area contributed by atoms with E-state index in [-0.39, 0.29) is 11.5 Å². The highest BCUT2D eigenvalue weighted by atomic mass is 16.3. The number of phenolic OH excluding ortho intramolecular Hbond substituents is 2. The lowest BCUT2D eigenvalue weighted by Crippen LogP contribution is -1.99. The Morgan fingerprint density at radius 1 is 1.07 bits per heavy atom. The fourth-order valence-electron chi connectivity index (χ4n) is 1.41. The van der Waals surface area contributed by atoms with E-state index in [4.69, 9.17) is 5.11 Å². The van der Waals surface area contributed by atoms with Crippen LogP contribution in [0.25, 0.3) is 0 Å². The van der Waals surface area contributed by atoms with E-state index in [9.17, 15) is 10.2 Å². The fraction of sp³-hybridized carbons (Fsp3) is 0.500. The second-order valence-corrected chi connectivity index (χ2v) is 4.24. The molecule has 1 aromatic rings. The van der Waals surface area contributed by atoms with Crippen molar-refractivity contribution in [2.45, 2.75) is 32.8 Å². The van der Waals surface area contributed by atoms with Crippen LogP contribution in [0, 0.1) is 5.92 Å². The maximum Gasteiger partial charge on any atom is 0.157 e. The van der Waals surface area contributed by atoms with Crippen molar-refractivity contribution < 1.29 is 15.3 Å². The summed E-state index contributed by atoms with van der Waals surface area (Å²) in [7, 11) is 0. The van der Waals surface area contributed by atoms with Crippen molar-refractivity contribution in [2.75, 3.05) is 0 Å². The zero-order valence-corrected chi connectivity index (χ0v) is 9.14. The summed E-state index contributed by atoms with van der Waals surface area (Å²) in [6, 6.07) is 4.42. The molecule has 0 aliphatic heterocycles. The van der Waals surface area contributed by atoms with Crippen molar-refractivity contribution in [3.05, 3.63) is 23.8 Å². The molecule has 84 valence electrons. The van der Waals surface area contributed by atoms with E-state index in [1.807, 2.05) is 0 Å². The zero-order chi connectivity index (χ0) is 11.4. The van der Waals surface area contributed by atoms with Gasteiger partial charge in [0.15, 0.2) is 11.5 Å². The summed E-state index contributed by atoms with van der Waals surface area (Å²) in [4.78, 5) is 0. The number of benzene rings is 1. The Kier molecular flexibility index (Phi) is 3.97. The largest absolute Gasteiger partial charge is 0.504 e. The highest BCUT2D eigenvalue weighted by Gasteiger charge is 2.10. The molecule has 1 rings (SSSR count). The van der Waals surface area contributed by atoms with Crippen molar-refractivity contribution >= 4 is 0 Å². The second kappa shape index (κ2) is 5.03. The van der Waals surface area contributed by atoms with E-state index in [0.717, 1.165) is 6.42 Å². The zero-order valence-electron chi connectivity index (χ0n) is 9.14.